The molecule has 2 nitrogen and oxygen atoms in total. The van der Waals surface area contributed by atoms with Crippen molar-refractivity contribution in [3.8, 4) is 5.75 Å². The monoisotopic (exact) mass is 224 g/mol. The minimum Gasteiger partial charge on any atom is -0.486 e. The van der Waals surface area contributed by atoms with Crippen molar-refractivity contribution in [1.29, 1.82) is 0 Å². The molecule has 1 N–H and O–H groups in total. The van der Waals surface area contributed by atoms with Gasteiger partial charge in [0.15, 0.2) is 0 Å². The maximum atomic E-state index is 9.94. The number of rotatable bonds is 2. The number of fused-ring (bicyclic) bond motifs is 1. The largest absolute Gasteiger partial charge is 0.486 e. The number of ether oxygens (including phenoxy) is 1. The second-order valence-corrected chi connectivity index (χ2v) is 5.21. The van der Waals surface area contributed by atoms with Crippen molar-refractivity contribution >= 4 is 11.8 Å². The molecular weight excluding hydrogens is 208 g/mol. The summed E-state index contributed by atoms with van der Waals surface area (Å²) in [5.41, 5.74) is 0. The first kappa shape index (κ1) is 10.8. The second-order valence-electron chi connectivity index (χ2n) is 4.15. The van der Waals surface area contributed by atoms with E-state index in [-0.39, 0.29) is 18.1 Å². The Kier molecular flexibility index (Phi) is 3.22. The minimum absolute atomic E-state index is 0.0788. The van der Waals surface area contributed by atoms with Gasteiger partial charge < -0.3 is 9.84 Å². The van der Waals surface area contributed by atoms with Crippen molar-refractivity contribution in [3.63, 3.8) is 0 Å². The molecule has 3 heteroatoms. The molecule has 2 unspecified atom stereocenters. The summed E-state index contributed by atoms with van der Waals surface area (Å²) in [5.74, 6) is 1.97. The predicted octanol–water partition coefficient (Wildman–Crippen LogP) is 2.56. The number of hydrogen-bond acceptors (Lipinski definition) is 3. The highest BCUT2D eigenvalue weighted by molar-refractivity contribution is 7.99. The van der Waals surface area contributed by atoms with Gasteiger partial charge in [0.2, 0.25) is 0 Å². The molecule has 0 bridgehead atoms. The van der Waals surface area contributed by atoms with Crippen LogP contribution in [0.5, 0.6) is 5.75 Å². The number of hydrogen-bond donors (Lipinski definition) is 1. The Morgan fingerprint density at radius 3 is 2.87 bits per heavy atom. The molecule has 1 aromatic carbocycles. The summed E-state index contributed by atoms with van der Waals surface area (Å²) in [6.45, 7) is 4.03. The van der Waals surface area contributed by atoms with E-state index in [4.69, 9.17) is 4.74 Å². The molecular formula is C12H16O2S. The van der Waals surface area contributed by atoms with Crippen LogP contribution in [0.15, 0.2) is 29.2 Å². The molecule has 1 heterocycles. The standard InChI is InChI=1S/C12H16O2S/c1-8(2)12(13)10-7-15-11-6-4-3-5-9(11)14-10/h3-6,8,10,12-13H,7H2,1-2H3. The molecule has 2 atom stereocenters. The van der Waals surface area contributed by atoms with Crippen LogP contribution >= 0.6 is 11.8 Å². The van der Waals surface area contributed by atoms with Crippen molar-refractivity contribution in [2.75, 3.05) is 5.75 Å². The fourth-order valence-electron chi connectivity index (χ4n) is 1.63. The third kappa shape index (κ3) is 2.29. The zero-order valence-electron chi connectivity index (χ0n) is 9.01. The molecule has 0 aromatic heterocycles. The zero-order valence-corrected chi connectivity index (χ0v) is 9.83. The second kappa shape index (κ2) is 4.45. The first-order valence-corrected chi connectivity index (χ1v) is 6.23. The van der Waals surface area contributed by atoms with Gasteiger partial charge in [0.25, 0.3) is 0 Å². The maximum absolute atomic E-state index is 9.94. The highest BCUT2D eigenvalue weighted by Crippen LogP contribution is 2.36. The molecule has 0 saturated heterocycles. The lowest BCUT2D eigenvalue weighted by atomic mass is 10.0. The van der Waals surface area contributed by atoms with E-state index >= 15 is 0 Å². The van der Waals surface area contributed by atoms with Gasteiger partial charge in [0, 0.05) is 10.6 Å². The van der Waals surface area contributed by atoms with Crippen LogP contribution in [0.3, 0.4) is 0 Å². The van der Waals surface area contributed by atoms with Crippen molar-refractivity contribution in [3.05, 3.63) is 24.3 Å². The van der Waals surface area contributed by atoms with Gasteiger partial charge in [-0.1, -0.05) is 26.0 Å². The van der Waals surface area contributed by atoms with Crippen molar-refractivity contribution in [2.45, 2.75) is 31.0 Å². The van der Waals surface area contributed by atoms with Crippen LogP contribution in [-0.2, 0) is 0 Å². The Bertz CT molecular complexity index is 338. The molecule has 82 valence electrons. The molecule has 1 aliphatic rings. The summed E-state index contributed by atoms with van der Waals surface area (Å²) in [6.07, 6.45) is -0.462. The number of thioether (sulfide) groups is 1. The third-order valence-corrected chi connectivity index (χ3v) is 3.74. The van der Waals surface area contributed by atoms with Gasteiger partial charge >= 0.3 is 0 Å². The van der Waals surface area contributed by atoms with Crippen LogP contribution in [0.1, 0.15) is 13.8 Å². The van der Waals surface area contributed by atoms with Crippen LogP contribution in [-0.4, -0.2) is 23.1 Å². The van der Waals surface area contributed by atoms with E-state index in [0.717, 1.165) is 11.5 Å². The van der Waals surface area contributed by atoms with E-state index in [0.29, 0.717) is 0 Å². The van der Waals surface area contributed by atoms with Crippen LogP contribution < -0.4 is 4.74 Å². The van der Waals surface area contributed by atoms with Crippen LogP contribution in [0.2, 0.25) is 0 Å². The lowest BCUT2D eigenvalue weighted by Crippen LogP contribution is -2.39. The van der Waals surface area contributed by atoms with E-state index in [2.05, 4.69) is 6.07 Å². The lowest BCUT2D eigenvalue weighted by Gasteiger charge is -2.30. The Morgan fingerprint density at radius 2 is 2.13 bits per heavy atom. The van der Waals surface area contributed by atoms with Gasteiger partial charge in [-0.2, -0.15) is 0 Å². The smallest absolute Gasteiger partial charge is 0.134 e. The molecule has 0 fully saturated rings. The van der Waals surface area contributed by atoms with Crippen LogP contribution in [0.25, 0.3) is 0 Å². The average molecular weight is 224 g/mol. The molecule has 0 radical (unpaired) electrons. The highest BCUT2D eigenvalue weighted by Gasteiger charge is 2.28. The summed E-state index contributed by atoms with van der Waals surface area (Å²) >= 11 is 1.76. The number of aliphatic hydroxyl groups excluding tert-OH is 1. The molecule has 0 saturated carbocycles. The van der Waals surface area contributed by atoms with Gasteiger partial charge in [-0.05, 0) is 18.1 Å². The van der Waals surface area contributed by atoms with E-state index in [9.17, 15) is 5.11 Å². The van der Waals surface area contributed by atoms with E-state index in [1.54, 1.807) is 11.8 Å². The van der Waals surface area contributed by atoms with Crippen LogP contribution in [0, 0.1) is 5.92 Å². The lowest BCUT2D eigenvalue weighted by molar-refractivity contribution is 0.0162. The van der Waals surface area contributed by atoms with E-state index < -0.39 is 0 Å². The summed E-state index contributed by atoms with van der Waals surface area (Å²) in [6, 6.07) is 7.98. The van der Waals surface area contributed by atoms with Gasteiger partial charge in [0.1, 0.15) is 11.9 Å². The van der Waals surface area contributed by atoms with Gasteiger partial charge in [-0.3, -0.25) is 0 Å². The fourth-order valence-corrected chi connectivity index (χ4v) is 2.68. The van der Waals surface area contributed by atoms with Crippen molar-refractivity contribution in [1.82, 2.24) is 0 Å². The first-order valence-electron chi connectivity index (χ1n) is 5.25. The molecule has 0 aliphatic carbocycles. The maximum Gasteiger partial charge on any atom is 0.134 e. The number of para-hydroxylation sites is 1. The number of benzene rings is 1. The van der Waals surface area contributed by atoms with Gasteiger partial charge in [0.05, 0.1) is 6.10 Å². The molecule has 2 rings (SSSR count). The van der Waals surface area contributed by atoms with Crippen molar-refractivity contribution in [2.24, 2.45) is 5.92 Å². The van der Waals surface area contributed by atoms with Gasteiger partial charge in [-0.25, -0.2) is 0 Å². The number of aliphatic hydroxyl groups is 1. The molecule has 15 heavy (non-hydrogen) atoms. The quantitative estimate of drug-likeness (QED) is 0.837. The molecule has 0 amide bonds. The molecule has 0 spiro atoms. The van der Waals surface area contributed by atoms with E-state index in [1.165, 1.54) is 4.90 Å². The third-order valence-electron chi connectivity index (χ3n) is 2.59. The normalized spacial score (nSPS) is 22.0. The predicted molar refractivity (Wildman–Crippen MR) is 62.4 cm³/mol. The summed E-state index contributed by atoms with van der Waals surface area (Å²) in [5, 5.41) is 9.94. The molecule has 1 aliphatic heterocycles. The average Bonchev–Trinajstić information content (AvgIpc) is 2.27. The Hall–Kier alpha value is -0.670. The van der Waals surface area contributed by atoms with Crippen molar-refractivity contribution < 1.29 is 9.84 Å². The SMILES string of the molecule is CC(C)C(O)C1CSc2ccccc2O1. The summed E-state index contributed by atoms with van der Waals surface area (Å²) in [7, 11) is 0. The zero-order chi connectivity index (χ0) is 10.8. The Labute approximate surface area is 94.6 Å². The summed E-state index contributed by atoms with van der Waals surface area (Å²) < 4.78 is 5.78. The minimum atomic E-state index is -0.383. The van der Waals surface area contributed by atoms with Crippen LogP contribution in [0.4, 0.5) is 0 Å². The highest BCUT2D eigenvalue weighted by atomic mass is 32.2. The fraction of sp³-hybridized carbons (Fsp3) is 0.500. The van der Waals surface area contributed by atoms with E-state index in [1.807, 2.05) is 32.0 Å². The first-order chi connectivity index (χ1) is 7.18. The Morgan fingerprint density at radius 1 is 1.40 bits per heavy atom. The van der Waals surface area contributed by atoms with Gasteiger partial charge in [-0.15, -0.1) is 11.8 Å². The Balaban J connectivity index is 2.12. The molecule has 1 aromatic rings. The topological polar surface area (TPSA) is 29.5 Å². The summed E-state index contributed by atoms with van der Waals surface area (Å²) in [4.78, 5) is 1.17.